The SMILES string of the molecule is C(=C(CCc1ccccc1)c1ccccc1)c1cncn1Cc1ccccc1. The smallest absolute Gasteiger partial charge is 0.0953 e. The molecule has 4 aromatic rings. The summed E-state index contributed by atoms with van der Waals surface area (Å²) in [6.07, 6.45) is 8.17. The Hall–Kier alpha value is -3.39. The third kappa shape index (κ3) is 4.66. The third-order valence-corrected chi connectivity index (χ3v) is 4.93. The molecular weight excluding hydrogens is 340 g/mol. The van der Waals surface area contributed by atoms with E-state index >= 15 is 0 Å². The van der Waals surface area contributed by atoms with E-state index in [0.717, 1.165) is 25.1 Å². The van der Waals surface area contributed by atoms with E-state index in [-0.39, 0.29) is 0 Å². The maximum atomic E-state index is 4.40. The minimum atomic E-state index is 0.827. The molecule has 0 saturated heterocycles. The zero-order valence-electron chi connectivity index (χ0n) is 15.9. The molecule has 2 heteroatoms. The minimum Gasteiger partial charge on any atom is -0.327 e. The monoisotopic (exact) mass is 364 g/mol. The summed E-state index contributed by atoms with van der Waals surface area (Å²) < 4.78 is 2.21. The standard InChI is InChI=1S/C26H24N2/c1-4-10-22(11-5-1)16-17-25(24-14-8-3-9-15-24)18-26-19-27-21-28(26)20-23-12-6-2-7-13-23/h1-15,18-19,21H,16-17,20H2. The van der Waals surface area contributed by atoms with Crippen molar-refractivity contribution in [2.45, 2.75) is 19.4 Å². The van der Waals surface area contributed by atoms with Gasteiger partial charge in [0.25, 0.3) is 0 Å². The van der Waals surface area contributed by atoms with Gasteiger partial charge in [-0.25, -0.2) is 4.98 Å². The number of aromatic nitrogens is 2. The van der Waals surface area contributed by atoms with Gasteiger partial charge in [0.15, 0.2) is 0 Å². The van der Waals surface area contributed by atoms with Crippen LogP contribution in [0, 0.1) is 0 Å². The van der Waals surface area contributed by atoms with Gasteiger partial charge in [-0.2, -0.15) is 0 Å². The van der Waals surface area contributed by atoms with Crippen molar-refractivity contribution in [3.63, 3.8) is 0 Å². The summed E-state index contributed by atoms with van der Waals surface area (Å²) in [7, 11) is 0. The Balaban J connectivity index is 1.61. The van der Waals surface area contributed by atoms with Crippen molar-refractivity contribution in [1.29, 1.82) is 0 Å². The minimum absolute atomic E-state index is 0.827. The lowest BCUT2D eigenvalue weighted by molar-refractivity contribution is 0.789. The number of imidazole rings is 1. The Bertz CT molecular complexity index is 1020. The molecule has 3 aromatic carbocycles. The number of nitrogens with zero attached hydrogens (tertiary/aromatic N) is 2. The molecule has 0 saturated carbocycles. The quantitative estimate of drug-likeness (QED) is 0.387. The molecule has 0 N–H and O–H groups in total. The Morgan fingerprint density at radius 1 is 0.750 bits per heavy atom. The molecule has 0 aliphatic carbocycles. The second-order valence-corrected chi connectivity index (χ2v) is 6.95. The first-order chi connectivity index (χ1) is 13.9. The van der Waals surface area contributed by atoms with E-state index in [4.69, 9.17) is 0 Å². The normalized spacial score (nSPS) is 11.5. The van der Waals surface area contributed by atoms with Gasteiger partial charge in [0, 0.05) is 6.54 Å². The van der Waals surface area contributed by atoms with E-state index in [2.05, 4.69) is 107 Å². The lowest BCUT2D eigenvalue weighted by Crippen LogP contribution is -2.00. The highest BCUT2D eigenvalue weighted by molar-refractivity contribution is 5.80. The van der Waals surface area contributed by atoms with Crippen LogP contribution in [0.4, 0.5) is 0 Å². The van der Waals surface area contributed by atoms with Crippen LogP contribution in [0.2, 0.25) is 0 Å². The molecule has 0 radical (unpaired) electrons. The Morgan fingerprint density at radius 3 is 2.04 bits per heavy atom. The second kappa shape index (κ2) is 9.01. The van der Waals surface area contributed by atoms with Crippen LogP contribution in [0.5, 0.6) is 0 Å². The summed E-state index contributed by atoms with van der Waals surface area (Å²) in [6, 6.07) is 31.9. The van der Waals surface area contributed by atoms with Crippen molar-refractivity contribution in [3.8, 4) is 0 Å². The lowest BCUT2D eigenvalue weighted by atomic mass is 9.97. The topological polar surface area (TPSA) is 17.8 Å². The average molecular weight is 364 g/mol. The highest BCUT2D eigenvalue weighted by Gasteiger charge is 2.06. The van der Waals surface area contributed by atoms with Gasteiger partial charge in [0.2, 0.25) is 0 Å². The fourth-order valence-electron chi connectivity index (χ4n) is 3.42. The molecule has 138 valence electrons. The molecule has 1 aromatic heterocycles. The van der Waals surface area contributed by atoms with Gasteiger partial charge in [0.05, 0.1) is 18.2 Å². The fourth-order valence-corrected chi connectivity index (χ4v) is 3.42. The van der Waals surface area contributed by atoms with Crippen LogP contribution < -0.4 is 0 Å². The van der Waals surface area contributed by atoms with Gasteiger partial charge in [-0.3, -0.25) is 0 Å². The third-order valence-electron chi connectivity index (χ3n) is 4.93. The second-order valence-electron chi connectivity index (χ2n) is 6.95. The van der Waals surface area contributed by atoms with Crippen molar-refractivity contribution < 1.29 is 0 Å². The maximum Gasteiger partial charge on any atom is 0.0953 e. The number of hydrogen-bond acceptors (Lipinski definition) is 1. The maximum absolute atomic E-state index is 4.40. The van der Waals surface area contributed by atoms with E-state index in [9.17, 15) is 0 Å². The number of benzene rings is 3. The molecule has 0 fully saturated rings. The van der Waals surface area contributed by atoms with E-state index in [1.807, 2.05) is 12.5 Å². The fraction of sp³-hybridized carbons (Fsp3) is 0.115. The highest BCUT2D eigenvalue weighted by atomic mass is 15.0. The molecule has 2 nitrogen and oxygen atoms in total. The summed E-state index contributed by atoms with van der Waals surface area (Å²) in [6.45, 7) is 0.827. The molecule has 1 heterocycles. The van der Waals surface area contributed by atoms with Crippen LogP contribution in [0.15, 0.2) is 104 Å². The average Bonchev–Trinajstić information content (AvgIpc) is 3.19. The predicted octanol–water partition coefficient (Wildman–Crippen LogP) is 6.10. The first kappa shape index (κ1) is 18.0. The van der Waals surface area contributed by atoms with Crippen LogP contribution in [0.3, 0.4) is 0 Å². The summed E-state index contributed by atoms with van der Waals surface area (Å²) in [5, 5.41) is 0. The van der Waals surface area contributed by atoms with Gasteiger partial charge in [-0.15, -0.1) is 0 Å². The van der Waals surface area contributed by atoms with Gasteiger partial charge < -0.3 is 4.57 Å². The van der Waals surface area contributed by atoms with Gasteiger partial charge in [-0.1, -0.05) is 91.0 Å². The summed E-state index contributed by atoms with van der Waals surface area (Å²) in [4.78, 5) is 4.40. The molecule has 0 aliphatic heterocycles. The van der Waals surface area contributed by atoms with Crippen molar-refractivity contribution in [2.24, 2.45) is 0 Å². The molecule has 0 amide bonds. The zero-order valence-corrected chi connectivity index (χ0v) is 15.9. The Morgan fingerprint density at radius 2 is 1.36 bits per heavy atom. The summed E-state index contributed by atoms with van der Waals surface area (Å²) in [5.74, 6) is 0. The molecule has 0 spiro atoms. The van der Waals surface area contributed by atoms with Crippen molar-refractivity contribution >= 4 is 11.6 Å². The molecule has 4 rings (SSSR count). The largest absolute Gasteiger partial charge is 0.327 e. The van der Waals surface area contributed by atoms with Crippen LogP contribution >= 0.6 is 0 Å². The number of hydrogen-bond donors (Lipinski definition) is 0. The van der Waals surface area contributed by atoms with Crippen molar-refractivity contribution in [3.05, 3.63) is 126 Å². The van der Waals surface area contributed by atoms with E-state index in [0.29, 0.717) is 0 Å². The zero-order chi connectivity index (χ0) is 19.0. The van der Waals surface area contributed by atoms with Crippen LogP contribution in [0.25, 0.3) is 11.6 Å². The number of aryl methyl sites for hydroxylation is 1. The predicted molar refractivity (Wildman–Crippen MR) is 117 cm³/mol. The summed E-state index contributed by atoms with van der Waals surface area (Å²) in [5.41, 5.74) is 6.38. The van der Waals surface area contributed by atoms with E-state index in [1.54, 1.807) is 0 Å². The van der Waals surface area contributed by atoms with Crippen LogP contribution in [-0.2, 0) is 13.0 Å². The lowest BCUT2D eigenvalue weighted by Gasteiger charge is -2.11. The molecule has 0 unspecified atom stereocenters. The van der Waals surface area contributed by atoms with Gasteiger partial charge in [-0.05, 0) is 41.2 Å². The first-order valence-corrected chi connectivity index (χ1v) is 9.72. The van der Waals surface area contributed by atoms with Crippen LogP contribution in [-0.4, -0.2) is 9.55 Å². The first-order valence-electron chi connectivity index (χ1n) is 9.72. The van der Waals surface area contributed by atoms with Gasteiger partial charge >= 0.3 is 0 Å². The van der Waals surface area contributed by atoms with Gasteiger partial charge in [0.1, 0.15) is 0 Å². The molecule has 0 aliphatic rings. The van der Waals surface area contributed by atoms with Crippen molar-refractivity contribution in [1.82, 2.24) is 9.55 Å². The number of rotatable bonds is 7. The van der Waals surface area contributed by atoms with Crippen LogP contribution in [0.1, 0.15) is 28.8 Å². The molecule has 28 heavy (non-hydrogen) atoms. The van der Waals surface area contributed by atoms with Crippen molar-refractivity contribution in [2.75, 3.05) is 0 Å². The molecule has 0 atom stereocenters. The molecule has 0 bridgehead atoms. The Labute approximate surface area is 166 Å². The Kier molecular flexibility index (Phi) is 5.79. The molecular formula is C26H24N2. The summed E-state index contributed by atoms with van der Waals surface area (Å²) >= 11 is 0. The number of allylic oxidation sites excluding steroid dienone is 1. The van der Waals surface area contributed by atoms with E-state index < -0.39 is 0 Å². The van der Waals surface area contributed by atoms with E-state index in [1.165, 1.54) is 22.3 Å². The highest BCUT2D eigenvalue weighted by Crippen LogP contribution is 2.24.